The third kappa shape index (κ3) is 3.82. The van der Waals surface area contributed by atoms with Crippen LogP contribution in [-0.2, 0) is 24.1 Å². The highest BCUT2D eigenvalue weighted by molar-refractivity contribution is 5.90. The average molecular weight is 363 g/mol. The first kappa shape index (κ1) is 17.6. The van der Waals surface area contributed by atoms with Crippen LogP contribution in [0.2, 0.25) is 0 Å². The Balaban J connectivity index is 1.55. The standard InChI is InChI=1S/C22H25N3O2/c23-22(24)25-17-10-8-15-6-3-7-19(20(15)13-17)21(26)27-18-11-9-14-4-1-2-5-16(14)12-18/h8-13,19H,1-7H2,(H4,23,24,25). The summed E-state index contributed by atoms with van der Waals surface area (Å²) in [7, 11) is 0. The molecule has 4 rings (SSSR count). The van der Waals surface area contributed by atoms with E-state index in [0.717, 1.165) is 43.4 Å². The van der Waals surface area contributed by atoms with Crippen LogP contribution in [0.3, 0.4) is 0 Å². The number of hydrogen-bond donors (Lipinski definition) is 3. The highest BCUT2D eigenvalue weighted by Gasteiger charge is 2.28. The second-order valence-corrected chi connectivity index (χ2v) is 7.46. The summed E-state index contributed by atoms with van der Waals surface area (Å²) < 4.78 is 5.77. The number of nitrogens with one attached hydrogen (secondary N) is 2. The molecule has 0 bridgehead atoms. The Hall–Kier alpha value is -2.82. The molecule has 27 heavy (non-hydrogen) atoms. The van der Waals surface area contributed by atoms with Gasteiger partial charge in [-0.3, -0.25) is 10.2 Å². The highest BCUT2D eigenvalue weighted by Crippen LogP contribution is 2.35. The maximum absolute atomic E-state index is 12.9. The van der Waals surface area contributed by atoms with E-state index in [1.807, 2.05) is 30.3 Å². The van der Waals surface area contributed by atoms with Crippen LogP contribution in [0, 0.1) is 5.41 Å². The largest absolute Gasteiger partial charge is 0.426 e. The average Bonchev–Trinajstić information content (AvgIpc) is 2.67. The third-order valence-electron chi connectivity index (χ3n) is 5.56. The Bertz CT molecular complexity index is 891. The van der Waals surface area contributed by atoms with E-state index >= 15 is 0 Å². The Kier molecular flexibility index (Phi) is 4.84. The molecule has 2 aromatic rings. The summed E-state index contributed by atoms with van der Waals surface area (Å²) >= 11 is 0. The molecule has 2 aromatic carbocycles. The van der Waals surface area contributed by atoms with Crippen molar-refractivity contribution < 1.29 is 9.53 Å². The minimum atomic E-state index is -0.279. The quantitative estimate of drug-likeness (QED) is 0.334. The lowest BCUT2D eigenvalue weighted by molar-refractivity contribution is -0.136. The van der Waals surface area contributed by atoms with E-state index in [2.05, 4.69) is 11.4 Å². The molecule has 4 N–H and O–H groups in total. The van der Waals surface area contributed by atoms with E-state index in [4.69, 9.17) is 15.9 Å². The number of rotatable bonds is 3. The van der Waals surface area contributed by atoms with Gasteiger partial charge in [0.25, 0.3) is 0 Å². The van der Waals surface area contributed by atoms with E-state index in [1.165, 1.54) is 29.5 Å². The number of fused-ring (bicyclic) bond motifs is 2. The molecule has 1 unspecified atom stereocenters. The second-order valence-electron chi connectivity index (χ2n) is 7.46. The van der Waals surface area contributed by atoms with Gasteiger partial charge in [0.2, 0.25) is 0 Å². The van der Waals surface area contributed by atoms with E-state index in [-0.39, 0.29) is 17.8 Å². The molecule has 0 radical (unpaired) electrons. The molecule has 2 aliphatic rings. The first-order valence-electron chi connectivity index (χ1n) is 9.67. The van der Waals surface area contributed by atoms with Crippen molar-refractivity contribution in [2.45, 2.75) is 50.9 Å². The van der Waals surface area contributed by atoms with E-state index < -0.39 is 0 Å². The van der Waals surface area contributed by atoms with Gasteiger partial charge in [0.1, 0.15) is 5.75 Å². The van der Waals surface area contributed by atoms with Gasteiger partial charge in [0, 0.05) is 5.69 Å². The van der Waals surface area contributed by atoms with Gasteiger partial charge in [0.15, 0.2) is 5.96 Å². The summed E-state index contributed by atoms with van der Waals surface area (Å²) in [5.41, 5.74) is 11.0. The number of benzene rings is 2. The first-order valence-corrected chi connectivity index (χ1v) is 9.67. The predicted octanol–water partition coefficient (Wildman–Crippen LogP) is 3.90. The minimum absolute atomic E-state index is 0.112. The Morgan fingerprint density at radius 1 is 1.00 bits per heavy atom. The lowest BCUT2D eigenvalue weighted by atomic mass is 9.82. The van der Waals surface area contributed by atoms with Crippen LogP contribution in [0.15, 0.2) is 36.4 Å². The lowest BCUT2D eigenvalue weighted by Gasteiger charge is -2.25. The second kappa shape index (κ2) is 7.43. The summed E-state index contributed by atoms with van der Waals surface area (Å²) in [4.78, 5) is 12.9. The van der Waals surface area contributed by atoms with E-state index in [9.17, 15) is 4.79 Å². The van der Waals surface area contributed by atoms with Gasteiger partial charge in [0.05, 0.1) is 5.92 Å². The molecule has 0 saturated carbocycles. The monoisotopic (exact) mass is 363 g/mol. The molecule has 0 aliphatic heterocycles. The zero-order chi connectivity index (χ0) is 18.8. The fraction of sp³-hybridized carbons (Fsp3) is 0.364. The number of anilines is 1. The third-order valence-corrected chi connectivity index (χ3v) is 5.56. The summed E-state index contributed by atoms with van der Waals surface area (Å²) in [6.45, 7) is 0. The SMILES string of the molecule is N=C(N)Nc1ccc2c(c1)C(C(=O)Oc1ccc3c(c1)CCCC3)CCC2. The molecule has 140 valence electrons. The maximum Gasteiger partial charge on any atom is 0.318 e. The van der Waals surface area contributed by atoms with Gasteiger partial charge >= 0.3 is 5.97 Å². The smallest absolute Gasteiger partial charge is 0.318 e. The van der Waals surface area contributed by atoms with Crippen LogP contribution < -0.4 is 15.8 Å². The van der Waals surface area contributed by atoms with Gasteiger partial charge in [-0.15, -0.1) is 0 Å². The number of ether oxygens (including phenoxy) is 1. The number of carbonyl (C=O) groups is 1. The Morgan fingerprint density at radius 3 is 2.56 bits per heavy atom. The summed E-state index contributed by atoms with van der Waals surface area (Å²) in [5.74, 6) is 0.0508. The van der Waals surface area contributed by atoms with Crippen molar-refractivity contribution in [2.75, 3.05) is 5.32 Å². The van der Waals surface area contributed by atoms with Crippen molar-refractivity contribution in [3.63, 3.8) is 0 Å². The molecule has 2 aliphatic carbocycles. The number of esters is 1. The molecule has 0 aromatic heterocycles. The van der Waals surface area contributed by atoms with Crippen LogP contribution in [0.5, 0.6) is 5.75 Å². The molecular formula is C22H25N3O2. The van der Waals surface area contributed by atoms with Crippen molar-refractivity contribution in [1.82, 2.24) is 0 Å². The zero-order valence-electron chi connectivity index (χ0n) is 15.4. The number of hydrogen-bond acceptors (Lipinski definition) is 3. The molecule has 0 amide bonds. The van der Waals surface area contributed by atoms with Crippen LogP contribution in [0.25, 0.3) is 0 Å². The summed E-state index contributed by atoms with van der Waals surface area (Å²) in [5, 5.41) is 10.2. The highest BCUT2D eigenvalue weighted by atomic mass is 16.5. The van der Waals surface area contributed by atoms with Crippen molar-refractivity contribution >= 4 is 17.6 Å². The van der Waals surface area contributed by atoms with Crippen molar-refractivity contribution in [3.8, 4) is 5.75 Å². The van der Waals surface area contributed by atoms with Crippen LogP contribution in [0.1, 0.15) is 53.9 Å². The maximum atomic E-state index is 12.9. The van der Waals surface area contributed by atoms with Crippen LogP contribution in [-0.4, -0.2) is 11.9 Å². The number of carbonyl (C=O) groups excluding carboxylic acids is 1. The molecule has 5 nitrogen and oxygen atoms in total. The first-order chi connectivity index (χ1) is 13.1. The summed E-state index contributed by atoms with van der Waals surface area (Å²) in [6, 6.07) is 11.9. The molecule has 1 atom stereocenters. The van der Waals surface area contributed by atoms with Gasteiger partial charge in [-0.25, -0.2) is 0 Å². The normalized spacial score (nSPS) is 18.1. The Labute approximate surface area is 159 Å². The molecule has 5 heteroatoms. The molecular weight excluding hydrogens is 338 g/mol. The number of guanidine groups is 1. The zero-order valence-corrected chi connectivity index (χ0v) is 15.4. The van der Waals surface area contributed by atoms with Crippen LogP contribution in [0.4, 0.5) is 5.69 Å². The Morgan fingerprint density at radius 2 is 1.74 bits per heavy atom. The molecule has 0 spiro atoms. The number of nitrogens with two attached hydrogens (primary N) is 1. The molecule has 0 heterocycles. The number of aryl methyl sites for hydroxylation is 3. The summed E-state index contributed by atoms with van der Waals surface area (Å²) in [6.07, 6.45) is 7.32. The fourth-order valence-corrected chi connectivity index (χ4v) is 4.24. The minimum Gasteiger partial charge on any atom is -0.426 e. The van der Waals surface area contributed by atoms with E-state index in [0.29, 0.717) is 5.75 Å². The van der Waals surface area contributed by atoms with Gasteiger partial charge in [-0.1, -0.05) is 12.1 Å². The topological polar surface area (TPSA) is 88.2 Å². The van der Waals surface area contributed by atoms with Gasteiger partial charge < -0.3 is 15.8 Å². The predicted molar refractivity (Wildman–Crippen MR) is 106 cm³/mol. The fourth-order valence-electron chi connectivity index (χ4n) is 4.24. The lowest BCUT2D eigenvalue weighted by Crippen LogP contribution is -2.24. The molecule has 0 fully saturated rings. The molecule has 0 saturated heterocycles. The van der Waals surface area contributed by atoms with E-state index in [1.54, 1.807) is 0 Å². The van der Waals surface area contributed by atoms with Gasteiger partial charge in [-0.05, 0) is 91.5 Å². The van der Waals surface area contributed by atoms with Crippen LogP contribution >= 0.6 is 0 Å². The van der Waals surface area contributed by atoms with Crippen molar-refractivity contribution in [2.24, 2.45) is 5.73 Å². The van der Waals surface area contributed by atoms with Gasteiger partial charge in [-0.2, -0.15) is 0 Å². The van der Waals surface area contributed by atoms with Crippen molar-refractivity contribution in [3.05, 3.63) is 58.7 Å². The van der Waals surface area contributed by atoms with Crippen molar-refractivity contribution in [1.29, 1.82) is 5.41 Å².